The summed E-state index contributed by atoms with van der Waals surface area (Å²) in [5.41, 5.74) is -0.715. The molecule has 0 aromatic carbocycles. The lowest BCUT2D eigenvalue weighted by Crippen LogP contribution is -2.37. The molecule has 0 aliphatic rings. The first-order valence-corrected chi connectivity index (χ1v) is 4.23. The van der Waals surface area contributed by atoms with Crippen LogP contribution in [0.15, 0.2) is 12.4 Å². The Hall–Kier alpha value is -1.43. The van der Waals surface area contributed by atoms with Gasteiger partial charge in [-0.2, -0.15) is 5.10 Å². The molecule has 14 heavy (non-hydrogen) atoms. The van der Waals surface area contributed by atoms with Crippen molar-refractivity contribution in [2.45, 2.75) is 32.4 Å². The Balaban J connectivity index is 3.02. The van der Waals surface area contributed by atoms with E-state index in [1.807, 2.05) is 0 Å². The minimum atomic E-state index is -0.645. The van der Waals surface area contributed by atoms with Gasteiger partial charge in [0.05, 0.1) is 16.6 Å². The van der Waals surface area contributed by atoms with E-state index >= 15 is 0 Å². The van der Waals surface area contributed by atoms with Crippen LogP contribution < -0.4 is 0 Å². The SMILES string of the molecule is CC(O)C(C)(C)n1cc([N+](=O)[O-])cn1. The first-order valence-electron chi connectivity index (χ1n) is 4.23. The van der Waals surface area contributed by atoms with E-state index in [1.165, 1.54) is 17.1 Å². The minimum Gasteiger partial charge on any atom is -0.391 e. The van der Waals surface area contributed by atoms with Crippen molar-refractivity contribution < 1.29 is 10.0 Å². The monoisotopic (exact) mass is 199 g/mol. The van der Waals surface area contributed by atoms with Crippen LogP contribution in [0.1, 0.15) is 20.8 Å². The first-order chi connectivity index (χ1) is 6.35. The first kappa shape index (κ1) is 10.6. The summed E-state index contributed by atoms with van der Waals surface area (Å²) in [7, 11) is 0. The molecule has 1 rings (SSSR count). The standard InChI is InChI=1S/C8H13N3O3/c1-6(12)8(2,3)10-5-7(4-9-10)11(13)14/h4-6,12H,1-3H3. The summed E-state index contributed by atoms with van der Waals surface area (Å²) in [4.78, 5) is 9.89. The molecule has 1 aromatic heterocycles. The van der Waals surface area contributed by atoms with Crippen LogP contribution in [0.5, 0.6) is 0 Å². The number of aliphatic hydroxyl groups excluding tert-OH is 1. The molecule has 1 aromatic rings. The Morgan fingerprint density at radius 2 is 2.29 bits per heavy atom. The van der Waals surface area contributed by atoms with Crippen LogP contribution >= 0.6 is 0 Å². The lowest BCUT2D eigenvalue weighted by atomic mass is 9.99. The highest BCUT2D eigenvalue weighted by atomic mass is 16.6. The molecular weight excluding hydrogens is 186 g/mol. The maximum Gasteiger partial charge on any atom is 0.307 e. The van der Waals surface area contributed by atoms with Crippen molar-refractivity contribution in [1.82, 2.24) is 9.78 Å². The van der Waals surface area contributed by atoms with Crippen molar-refractivity contribution in [1.29, 1.82) is 0 Å². The van der Waals surface area contributed by atoms with Crippen LogP contribution in [0.4, 0.5) is 5.69 Å². The third-order valence-corrected chi connectivity index (χ3v) is 2.39. The van der Waals surface area contributed by atoms with E-state index in [0.717, 1.165) is 0 Å². The maximum atomic E-state index is 10.4. The molecule has 0 aliphatic carbocycles. The topological polar surface area (TPSA) is 81.2 Å². The van der Waals surface area contributed by atoms with Crippen LogP contribution in [0.3, 0.4) is 0 Å². The normalized spacial score (nSPS) is 14.0. The van der Waals surface area contributed by atoms with Crippen LogP contribution in [-0.4, -0.2) is 25.9 Å². The van der Waals surface area contributed by atoms with Gasteiger partial charge in [-0.25, -0.2) is 0 Å². The smallest absolute Gasteiger partial charge is 0.307 e. The predicted molar refractivity (Wildman–Crippen MR) is 49.9 cm³/mol. The summed E-state index contributed by atoms with van der Waals surface area (Å²) in [6, 6.07) is 0. The van der Waals surface area contributed by atoms with Gasteiger partial charge >= 0.3 is 5.69 Å². The molecule has 0 amide bonds. The molecule has 0 spiro atoms. The third-order valence-electron chi connectivity index (χ3n) is 2.39. The fourth-order valence-electron chi connectivity index (χ4n) is 0.914. The number of hydrogen-bond donors (Lipinski definition) is 1. The molecule has 0 bridgehead atoms. The molecule has 0 aliphatic heterocycles. The lowest BCUT2D eigenvalue weighted by molar-refractivity contribution is -0.385. The van der Waals surface area contributed by atoms with Crippen molar-refractivity contribution in [2.24, 2.45) is 0 Å². The quantitative estimate of drug-likeness (QED) is 0.579. The number of hydrogen-bond acceptors (Lipinski definition) is 4. The van der Waals surface area contributed by atoms with E-state index < -0.39 is 16.6 Å². The van der Waals surface area contributed by atoms with Crippen LogP contribution in [0, 0.1) is 10.1 Å². The van der Waals surface area contributed by atoms with E-state index in [4.69, 9.17) is 0 Å². The Bertz CT molecular complexity index is 343. The molecule has 6 nitrogen and oxygen atoms in total. The molecule has 1 atom stereocenters. The second kappa shape index (κ2) is 3.38. The van der Waals surface area contributed by atoms with Crippen molar-refractivity contribution >= 4 is 5.69 Å². The second-order valence-electron chi connectivity index (χ2n) is 3.73. The summed E-state index contributed by atoms with van der Waals surface area (Å²) < 4.78 is 1.40. The van der Waals surface area contributed by atoms with Gasteiger partial charge in [0.2, 0.25) is 0 Å². The van der Waals surface area contributed by atoms with E-state index in [-0.39, 0.29) is 5.69 Å². The Labute approximate surface area is 81.3 Å². The molecule has 0 radical (unpaired) electrons. The van der Waals surface area contributed by atoms with Crippen molar-refractivity contribution in [3.05, 3.63) is 22.5 Å². The van der Waals surface area contributed by atoms with Crippen LogP contribution in [0.2, 0.25) is 0 Å². The van der Waals surface area contributed by atoms with Crippen molar-refractivity contribution in [3.8, 4) is 0 Å². The van der Waals surface area contributed by atoms with E-state index in [0.29, 0.717) is 0 Å². The average Bonchev–Trinajstić information content (AvgIpc) is 2.51. The van der Waals surface area contributed by atoms with Gasteiger partial charge in [-0.05, 0) is 20.8 Å². The molecule has 78 valence electrons. The fraction of sp³-hybridized carbons (Fsp3) is 0.625. The van der Waals surface area contributed by atoms with Gasteiger partial charge in [0.1, 0.15) is 12.4 Å². The number of nitrogens with zero attached hydrogens (tertiary/aromatic N) is 3. The molecular formula is C8H13N3O3. The van der Waals surface area contributed by atoms with E-state index in [1.54, 1.807) is 20.8 Å². The van der Waals surface area contributed by atoms with Gasteiger partial charge in [-0.3, -0.25) is 14.8 Å². The maximum absolute atomic E-state index is 10.4. The Morgan fingerprint density at radius 1 is 1.71 bits per heavy atom. The molecule has 1 heterocycles. The largest absolute Gasteiger partial charge is 0.391 e. The van der Waals surface area contributed by atoms with Crippen molar-refractivity contribution in [2.75, 3.05) is 0 Å². The summed E-state index contributed by atoms with van der Waals surface area (Å²) in [6.45, 7) is 5.14. The highest BCUT2D eigenvalue weighted by Gasteiger charge is 2.28. The fourth-order valence-corrected chi connectivity index (χ4v) is 0.914. The van der Waals surface area contributed by atoms with Crippen molar-refractivity contribution in [3.63, 3.8) is 0 Å². The summed E-state index contributed by atoms with van der Waals surface area (Å²) in [5, 5.41) is 23.7. The Kier molecular flexibility index (Phi) is 2.57. The molecule has 6 heteroatoms. The lowest BCUT2D eigenvalue weighted by Gasteiger charge is -2.27. The number of aromatic nitrogens is 2. The summed E-state index contributed by atoms with van der Waals surface area (Å²) in [6.07, 6.45) is 1.85. The highest BCUT2D eigenvalue weighted by Crippen LogP contribution is 2.21. The third kappa shape index (κ3) is 1.74. The average molecular weight is 199 g/mol. The molecule has 0 saturated heterocycles. The zero-order valence-corrected chi connectivity index (χ0v) is 8.34. The zero-order chi connectivity index (χ0) is 10.9. The van der Waals surface area contributed by atoms with Gasteiger partial charge in [0.25, 0.3) is 0 Å². The zero-order valence-electron chi connectivity index (χ0n) is 8.34. The van der Waals surface area contributed by atoms with E-state index in [2.05, 4.69) is 5.10 Å². The molecule has 0 saturated carbocycles. The predicted octanol–water partition coefficient (Wildman–Crippen LogP) is 0.907. The second-order valence-corrected chi connectivity index (χ2v) is 3.73. The molecule has 1 unspecified atom stereocenters. The van der Waals surface area contributed by atoms with Gasteiger partial charge in [-0.15, -0.1) is 0 Å². The number of aliphatic hydroxyl groups is 1. The molecule has 1 N–H and O–H groups in total. The number of nitro groups is 1. The minimum absolute atomic E-state index is 0.0706. The van der Waals surface area contributed by atoms with Gasteiger partial charge < -0.3 is 5.11 Å². The van der Waals surface area contributed by atoms with Crippen LogP contribution in [0.25, 0.3) is 0 Å². The van der Waals surface area contributed by atoms with E-state index in [9.17, 15) is 15.2 Å². The Morgan fingerprint density at radius 3 is 2.64 bits per heavy atom. The summed E-state index contributed by atoms with van der Waals surface area (Å²) in [5.74, 6) is 0. The van der Waals surface area contributed by atoms with Gasteiger partial charge in [0, 0.05) is 0 Å². The van der Waals surface area contributed by atoms with Crippen LogP contribution in [-0.2, 0) is 5.54 Å². The number of rotatable bonds is 3. The highest BCUT2D eigenvalue weighted by molar-refractivity contribution is 5.21. The molecule has 0 fully saturated rings. The van der Waals surface area contributed by atoms with Gasteiger partial charge in [-0.1, -0.05) is 0 Å². The summed E-state index contributed by atoms with van der Waals surface area (Å²) >= 11 is 0. The van der Waals surface area contributed by atoms with Gasteiger partial charge in [0.15, 0.2) is 0 Å².